The zero-order valence-electron chi connectivity index (χ0n) is 11.1. The summed E-state index contributed by atoms with van der Waals surface area (Å²) in [5.41, 5.74) is 5.57. The molecule has 0 saturated carbocycles. The van der Waals surface area contributed by atoms with E-state index in [0.29, 0.717) is 0 Å². The summed E-state index contributed by atoms with van der Waals surface area (Å²) >= 11 is 2.13. The molecule has 96 valence electrons. The summed E-state index contributed by atoms with van der Waals surface area (Å²) in [7, 11) is 0. The van der Waals surface area contributed by atoms with Crippen molar-refractivity contribution < 1.29 is 0 Å². The van der Waals surface area contributed by atoms with Crippen molar-refractivity contribution in [1.82, 2.24) is 4.90 Å². The van der Waals surface area contributed by atoms with E-state index in [4.69, 9.17) is 5.73 Å². The van der Waals surface area contributed by atoms with Crippen molar-refractivity contribution in [3.8, 4) is 0 Å². The molecule has 3 unspecified atom stereocenters. The van der Waals surface area contributed by atoms with Gasteiger partial charge in [0.1, 0.15) is 0 Å². The Hall–Kier alpha value is 0.270. The van der Waals surface area contributed by atoms with E-state index < -0.39 is 0 Å². The highest BCUT2D eigenvalue weighted by molar-refractivity contribution is 8.00. The predicted molar refractivity (Wildman–Crippen MR) is 75.0 cm³/mol. The van der Waals surface area contributed by atoms with E-state index in [-0.39, 0.29) is 0 Å². The fourth-order valence-electron chi connectivity index (χ4n) is 2.56. The van der Waals surface area contributed by atoms with E-state index in [9.17, 15) is 0 Å². The highest BCUT2D eigenvalue weighted by Crippen LogP contribution is 2.24. The largest absolute Gasteiger partial charge is 0.330 e. The lowest BCUT2D eigenvalue weighted by molar-refractivity contribution is 0.258. The molecule has 1 fully saturated rings. The molecule has 0 aromatic rings. The van der Waals surface area contributed by atoms with Crippen molar-refractivity contribution in [2.45, 2.75) is 50.5 Å². The molecule has 1 aliphatic rings. The quantitative estimate of drug-likeness (QED) is 0.779. The molecule has 0 radical (unpaired) electrons. The first-order chi connectivity index (χ1) is 7.61. The van der Waals surface area contributed by atoms with E-state index >= 15 is 0 Å². The summed E-state index contributed by atoms with van der Waals surface area (Å²) in [6.07, 6.45) is 3.86. The Morgan fingerprint density at radius 1 is 1.25 bits per heavy atom. The topological polar surface area (TPSA) is 29.3 Å². The zero-order valence-corrected chi connectivity index (χ0v) is 11.9. The number of rotatable bonds is 6. The van der Waals surface area contributed by atoms with Crippen LogP contribution < -0.4 is 5.73 Å². The molecule has 0 aromatic heterocycles. The van der Waals surface area contributed by atoms with Gasteiger partial charge < -0.3 is 10.6 Å². The van der Waals surface area contributed by atoms with Gasteiger partial charge >= 0.3 is 0 Å². The summed E-state index contributed by atoms with van der Waals surface area (Å²) in [5.74, 6) is 0.805. The lowest BCUT2D eigenvalue weighted by Crippen LogP contribution is -2.40. The van der Waals surface area contributed by atoms with Crippen LogP contribution >= 0.6 is 11.8 Å². The molecule has 0 aromatic carbocycles. The minimum Gasteiger partial charge on any atom is -0.330 e. The molecular weight excluding hydrogens is 216 g/mol. The number of hydrogen-bond donors (Lipinski definition) is 1. The van der Waals surface area contributed by atoms with Crippen molar-refractivity contribution in [3.63, 3.8) is 0 Å². The van der Waals surface area contributed by atoms with Crippen molar-refractivity contribution in [1.29, 1.82) is 0 Å². The van der Waals surface area contributed by atoms with Crippen LogP contribution in [0.5, 0.6) is 0 Å². The van der Waals surface area contributed by atoms with E-state index in [0.717, 1.165) is 23.0 Å². The third-order valence-electron chi connectivity index (χ3n) is 3.33. The summed E-state index contributed by atoms with van der Waals surface area (Å²) < 4.78 is 0. The Balaban J connectivity index is 2.12. The number of hydrogen-bond acceptors (Lipinski definition) is 3. The normalized spacial score (nSPS) is 29.2. The molecule has 0 bridgehead atoms. The van der Waals surface area contributed by atoms with Crippen LogP contribution in [0.1, 0.15) is 40.0 Å². The molecule has 16 heavy (non-hydrogen) atoms. The lowest BCUT2D eigenvalue weighted by atomic mass is 10.0. The first kappa shape index (κ1) is 14.3. The van der Waals surface area contributed by atoms with Gasteiger partial charge in [-0.05, 0) is 38.3 Å². The third kappa shape index (κ3) is 5.55. The molecule has 3 atom stereocenters. The van der Waals surface area contributed by atoms with E-state index in [1.807, 2.05) is 0 Å². The summed E-state index contributed by atoms with van der Waals surface area (Å²) in [6, 6.07) is 0. The van der Waals surface area contributed by atoms with Gasteiger partial charge in [-0.2, -0.15) is 11.8 Å². The van der Waals surface area contributed by atoms with Crippen LogP contribution in [0.3, 0.4) is 0 Å². The number of thioether (sulfide) groups is 1. The van der Waals surface area contributed by atoms with E-state index in [2.05, 4.69) is 37.4 Å². The average Bonchev–Trinajstić information content (AvgIpc) is 2.16. The first-order valence-corrected chi connectivity index (χ1v) is 7.64. The fourth-order valence-corrected chi connectivity index (χ4v) is 3.95. The molecule has 1 saturated heterocycles. The molecule has 0 amide bonds. The van der Waals surface area contributed by atoms with E-state index in [1.54, 1.807) is 0 Å². The number of nitrogens with zero attached hydrogens (tertiary/aromatic N) is 1. The number of nitrogens with two attached hydrogens (primary N) is 1. The summed E-state index contributed by atoms with van der Waals surface area (Å²) in [4.78, 5) is 2.64. The second-order valence-electron chi connectivity index (χ2n) is 5.34. The summed E-state index contributed by atoms with van der Waals surface area (Å²) in [5, 5.41) is 1.62. The van der Waals surface area contributed by atoms with Crippen LogP contribution in [0.4, 0.5) is 0 Å². The van der Waals surface area contributed by atoms with Crippen molar-refractivity contribution in [2.75, 3.05) is 26.2 Å². The minimum absolute atomic E-state index is 0.805. The molecule has 1 aliphatic heterocycles. The fraction of sp³-hybridized carbons (Fsp3) is 1.00. The Labute approximate surface area is 105 Å². The van der Waals surface area contributed by atoms with Crippen LogP contribution in [0.15, 0.2) is 0 Å². The second kappa shape index (κ2) is 7.57. The van der Waals surface area contributed by atoms with Crippen LogP contribution in [0.2, 0.25) is 0 Å². The predicted octanol–water partition coefficient (Wildman–Crippen LogP) is 2.58. The second-order valence-corrected chi connectivity index (χ2v) is 7.22. The molecule has 2 N–H and O–H groups in total. The average molecular weight is 244 g/mol. The standard InChI is InChI=1S/C13H28N2S/c1-11(6-7-14)5-4-8-15-9-12(2)16-13(3)10-15/h11-13H,4-10,14H2,1-3H3. The monoisotopic (exact) mass is 244 g/mol. The van der Waals surface area contributed by atoms with Gasteiger partial charge in [0.25, 0.3) is 0 Å². The third-order valence-corrected chi connectivity index (χ3v) is 4.55. The molecule has 2 nitrogen and oxygen atoms in total. The Kier molecular flexibility index (Phi) is 6.78. The molecule has 1 rings (SSSR count). The van der Waals surface area contributed by atoms with Gasteiger partial charge in [0.2, 0.25) is 0 Å². The van der Waals surface area contributed by atoms with Crippen LogP contribution in [0.25, 0.3) is 0 Å². The van der Waals surface area contributed by atoms with Gasteiger partial charge in [0.05, 0.1) is 0 Å². The van der Waals surface area contributed by atoms with Crippen molar-refractivity contribution in [3.05, 3.63) is 0 Å². The van der Waals surface area contributed by atoms with Crippen LogP contribution in [-0.4, -0.2) is 41.6 Å². The molecule has 3 heteroatoms. The maximum Gasteiger partial charge on any atom is 0.0149 e. The Morgan fingerprint density at radius 3 is 2.44 bits per heavy atom. The Bertz CT molecular complexity index is 177. The SMILES string of the molecule is CC(CCN)CCCN1CC(C)SC(C)C1. The lowest BCUT2D eigenvalue weighted by Gasteiger charge is -2.34. The van der Waals surface area contributed by atoms with Gasteiger partial charge in [-0.1, -0.05) is 20.8 Å². The Morgan fingerprint density at radius 2 is 1.88 bits per heavy atom. The van der Waals surface area contributed by atoms with Gasteiger partial charge in [0, 0.05) is 23.6 Å². The van der Waals surface area contributed by atoms with E-state index in [1.165, 1.54) is 38.9 Å². The van der Waals surface area contributed by atoms with Crippen molar-refractivity contribution >= 4 is 11.8 Å². The molecule has 0 spiro atoms. The van der Waals surface area contributed by atoms with Crippen LogP contribution in [0, 0.1) is 5.92 Å². The smallest absolute Gasteiger partial charge is 0.0149 e. The minimum atomic E-state index is 0.805. The maximum absolute atomic E-state index is 5.57. The molecule has 1 heterocycles. The summed E-state index contributed by atoms with van der Waals surface area (Å²) in [6.45, 7) is 11.7. The van der Waals surface area contributed by atoms with Gasteiger partial charge in [-0.25, -0.2) is 0 Å². The zero-order chi connectivity index (χ0) is 12.0. The van der Waals surface area contributed by atoms with Gasteiger partial charge in [0.15, 0.2) is 0 Å². The molecule has 0 aliphatic carbocycles. The highest BCUT2D eigenvalue weighted by atomic mass is 32.2. The van der Waals surface area contributed by atoms with Crippen molar-refractivity contribution in [2.24, 2.45) is 11.7 Å². The van der Waals surface area contributed by atoms with Gasteiger partial charge in [-0.15, -0.1) is 0 Å². The van der Waals surface area contributed by atoms with Gasteiger partial charge in [-0.3, -0.25) is 0 Å². The highest BCUT2D eigenvalue weighted by Gasteiger charge is 2.21. The first-order valence-electron chi connectivity index (χ1n) is 6.69. The molecular formula is C13H28N2S. The van der Waals surface area contributed by atoms with Crippen LogP contribution in [-0.2, 0) is 0 Å². The maximum atomic E-state index is 5.57.